The van der Waals surface area contributed by atoms with Gasteiger partial charge in [0.25, 0.3) is 5.91 Å². The molecule has 3 N–H and O–H groups in total. The quantitative estimate of drug-likeness (QED) is 0.110. The lowest BCUT2D eigenvalue weighted by atomic mass is 9.98. The summed E-state index contributed by atoms with van der Waals surface area (Å²) in [6.07, 6.45) is 0. The van der Waals surface area contributed by atoms with Crippen LogP contribution >= 0.6 is 0 Å². The van der Waals surface area contributed by atoms with Crippen molar-refractivity contribution in [1.82, 2.24) is 20.3 Å². The largest absolute Gasteiger partial charge is 0.494 e. The van der Waals surface area contributed by atoms with Crippen molar-refractivity contribution in [2.45, 2.75) is 32.9 Å². The van der Waals surface area contributed by atoms with E-state index in [0.29, 0.717) is 63.2 Å². The number of aromatic nitrogens is 1. The number of hydroxylamine groups is 1. The van der Waals surface area contributed by atoms with Crippen molar-refractivity contribution in [1.29, 1.82) is 0 Å². The van der Waals surface area contributed by atoms with Crippen molar-refractivity contribution in [3.8, 4) is 5.88 Å². The van der Waals surface area contributed by atoms with Gasteiger partial charge < -0.3 is 14.8 Å². The van der Waals surface area contributed by atoms with E-state index in [0.717, 1.165) is 25.2 Å². The van der Waals surface area contributed by atoms with E-state index in [1.54, 1.807) is 30.3 Å². The molecule has 10 heteroatoms. The Bertz CT molecular complexity index is 1650. The van der Waals surface area contributed by atoms with Gasteiger partial charge in [0, 0.05) is 53.7 Å². The molecule has 0 aliphatic carbocycles. The van der Waals surface area contributed by atoms with E-state index in [1.807, 2.05) is 43.3 Å². The molecule has 4 aromatic rings. The fourth-order valence-corrected chi connectivity index (χ4v) is 5.63. The van der Waals surface area contributed by atoms with Crippen molar-refractivity contribution in [2.24, 2.45) is 4.99 Å². The maximum atomic E-state index is 12.7. The third-order valence-corrected chi connectivity index (χ3v) is 8.29. The van der Waals surface area contributed by atoms with E-state index in [-0.39, 0.29) is 11.8 Å². The standard InChI is InChI=1S/C34H39N5O5/c1-21-17-28-29(18-27(21)34(42)43-5)36-33(41)30(28)31(24-9-7-6-8-10-24)35-26-13-11-25(12-14-26)32(40)37-44-16-15-39-19-22(2)38(4)23(3)20-39/h6-14,17-18,22-23,36,41H,15-16,19-20H2,1-5H3,(H,37,40)/t22-,23+. The first-order valence-corrected chi connectivity index (χ1v) is 14.7. The molecule has 2 atom stereocenters. The maximum absolute atomic E-state index is 12.7. The Morgan fingerprint density at radius 1 is 1.02 bits per heavy atom. The van der Waals surface area contributed by atoms with E-state index in [9.17, 15) is 14.7 Å². The van der Waals surface area contributed by atoms with Gasteiger partial charge in [-0.05, 0) is 69.8 Å². The maximum Gasteiger partial charge on any atom is 0.338 e. The number of methoxy groups -OCH3 is 1. The predicted octanol–water partition coefficient (Wildman–Crippen LogP) is 4.82. The third kappa shape index (κ3) is 6.67. The lowest BCUT2D eigenvalue weighted by Gasteiger charge is -2.42. The molecular weight excluding hydrogens is 558 g/mol. The smallest absolute Gasteiger partial charge is 0.338 e. The van der Waals surface area contributed by atoms with Gasteiger partial charge in [0.15, 0.2) is 5.88 Å². The number of aromatic amines is 1. The monoisotopic (exact) mass is 597 g/mol. The molecule has 0 spiro atoms. The highest BCUT2D eigenvalue weighted by atomic mass is 16.7. The van der Waals surface area contributed by atoms with Crippen LogP contribution in [0.1, 0.15) is 51.3 Å². The number of nitrogens with zero attached hydrogens (tertiary/aromatic N) is 3. The summed E-state index contributed by atoms with van der Waals surface area (Å²) in [6.45, 7) is 9.32. The summed E-state index contributed by atoms with van der Waals surface area (Å²) in [6, 6.07) is 20.8. The summed E-state index contributed by atoms with van der Waals surface area (Å²) in [4.78, 5) is 43.1. The Hall–Kier alpha value is -4.51. The van der Waals surface area contributed by atoms with Gasteiger partial charge in [-0.25, -0.2) is 15.3 Å². The number of fused-ring (bicyclic) bond motifs is 1. The first kappa shape index (κ1) is 30.9. The number of benzene rings is 3. The number of hydrogen-bond acceptors (Lipinski definition) is 8. The Labute approximate surface area is 257 Å². The SMILES string of the molecule is COC(=O)c1cc2[nH]c(O)c(C(=Nc3ccc(C(=O)NOCCN4C[C@@H](C)N(C)[C@@H](C)C4)cc3)c3ccccc3)c2cc1C. The van der Waals surface area contributed by atoms with Gasteiger partial charge in [0.05, 0.1) is 36.2 Å². The van der Waals surface area contributed by atoms with Crippen molar-refractivity contribution in [3.63, 3.8) is 0 Å². The van der Waals surface area contributed by atoms with Crippen LogP contribution in [0.4, 0.5) is 5.69 Å². The number of H-pyrrole nitrogens is 1. The number of ether oxygens (including phenoxy) is 1. The van der Waals surface area contributed by atoms with Gasteiger partial charge in [-0.15, -0.1) is 0 Å². The number of carbonyl (C=O) groups is 2. The number of piperazine rings is 1. The summed E-state index contributed by atoms with van der Waals surface area (Å²) in [5, 5.41) is 11.7. The molecule has 5 rings (SSSR count). The Kier molecular flexibility index (Phi) is 9.43. The van der Waals surface area contributed by atoms with Crippen LogP contribution in [0, 0.1) is 6.92 Å². The summed E-state index contributed by atoms with van der Waals surface area (Å²) >= 11 is 0. The molecule has 1 fully saturated rings. The molecule has 1 aliphatic heterocycles. The van der Waals surface area contributed by atoms with Crippen molar-refractivity contribution >= 4 is 34.2 Å². The number of likely N-dealkylation sites (N-methyl/N-ethyl adjacent to an activating group) is 1. The number of amides is 1. The molecule has 0 unspecified atom stereocenters. The van der Waals surface area contributed by atoms with Crippen LogP contribution in [0.2, 0.25) is 0 Å². The lowest BCUT2D eigenvalue weighted by Crippen LogP contribution is -2.55. The van der Waals surface area contributed by atoms with E-state index in [2.05, 4.69) is 41.2 Å². The van der Waals surface area contributed by atoms with E-state index in [1.165, 1.54) is 7.11 Å². The molecule has 0 bridgehead atoms. The highest BCUT2D eigenvalue weighted by molar-refractivity contribution is 6.22. The highest BCUT2D eigenvalue weighted by Gasteiger charge is 2.26. The van der Waals surface area contributed by atoms with Crippen molar-refractivity contribution in [3.05, 3.63) is 94.5 Å². The first-order chi connectivity index (χ1) is 21.2. The summed E-state index contributed by atoms with van der Waals surface area (Å²) in [5.74, 6) is -0.862. The zero-order valence-electron chi connectivity index (χ0n) is 25.8. The van der Waals surface area contributed by atoms with E-state index >= 15 is 0 Å². The van der Waals surface area contributed by atoms with Crippen LogP contribution in [0.5, 0.6) is 5.88 Å². The topological polar surface area (TPSA) is 119 Å². The van der Waals surface area contributed by atoms with E-state index < -0.39 is 5.97 Å². The molecule has 44 heavy (non-hydrogen) atoms. The van der Waals surface area contributed by atoms with Crippen molar-refractivity contribution in [2.75, 3.05) is 40.4 Å². The Morgan fingerprint density at radius 2 is 1.70 bits per heavy atom. The van der Waals surface area contributed by atoms with Gasteiger partial charge in [-0.1, -0.05) is 30.3 Å². The van der Waals surface area contributed by atoms with Gasteiger partial charge in [-0.3, -0.25) is 19.4 Å². The van der Waals surface area contributed by atoms with Gasteiger partial charge in [-0.2, -0.15) is 0 Å². The molecule has 2 heterocycles. The Balaban J connectivity index is 1.33. The molecule has 1 aromatic heterocycles. The molecule has 0 saturated carbocycles. The zero-order chi connectivity index (χ0) is 31.4. The molecule has 10 nitrogen and oxygen atoms in total. The number of hydrogen-bond donors (Lipinski definition) is 3. The second-order valence-corrected chi connectivity index (χ2v) is 11.3. The van der Waals surface area contributed by atoms with Crippen LogP contribution in [-0.4, -0.2) is 90.0 Å². The second-order valence-electron chi connectivity index (χ2n) is 11.3. The van der Waals surface area contributed by atoms with E-state index in [4.69, 9.17) is 14.6 Å². The van der Waals surface area contributed by atoms with Gasteiger partial charge in [0.2, 0.25) is 0 Å². The number of aliphatic imine (C=N–C) groups is 1. The summed E-state index contributed by atoms with van der Waals surface area (Å²) in [5.41, 5.74) is 7.11. The molecule has 1 aliphatic rings. The average molecular weight is 598 g/mol. The molecule has 230 valence electrons. The number of nitrogens with one attached hydrogen (secondary N) is 2. The normalized spacial score (nSPS) is 18.0. The number of rotatable bonds is 9. The van der Waals surface area contributed by atoms with Crippen LogP contribution in [0.3, 0.4) is 0 Å². The summed E-state index contributed by atoms with van der Waals surface area (Å²) in [7, 11) is 3.49. The predicted molar refractivity (Wildman–Crippen MR) is 171 cm³/mol. The van der Waals surface area contributed by atoms with Crippen LogP contribution in [-0.2, 0) is 9.57 Å². The number of esters is 1. The fourth-order valence-electron chi connectivity index (χ4n) is 5.63. The van der Waals surface area contributed by atoms with Crippen molar-refractivity contribution < 1.29 is 24.3 Å². The molecular formula is C34H39N5O5. The number of carbonyl (C=O) groups excluding carboxylic acids is 2. The van der Waals surface area contributed by atoms with Crippen LogP contribution in [0.25, 0.3) is 10.9 Å². The minimum Gasteiger partial charge on any atom is -0.494 e. The average Bonchev–Trinajstić information content (AvgIpc) is 3.34. The molecule has 1 amide bonds. The minimum atomic E-state index is -0.453. The van der Waals surface area contributed by atoms with Crippen LogP contribution in [0.15, 0.2) is 71.7 Å². The minimum absolute atomic E-state index is 0.0716. The molecule has 1 saturated heterocycles. The zero-order valence-corrected chi connectivity index (χ0v) is 25.8. The van der Waals surface area contributed by atoms with Gasteiger partial charge >= 0.3 is 5.97 Å². The molecule has 3 aromatic carbocycles. The Morgan fingerprint density at radius 3 is 2.36 bits per heavy atom. The first-order valence-electron chi connectivity index (χ1n) is 14.7. The molecule has 0 radical (unpaired) electrons. The number of aryl methyl sites for hydroxylation is 1. The fraction of sp³-hybridized carbons (Fsp3) is 0.324. The summed E-state index contributed by atoms with van der Waals surface area (Å²) < 4.78 is 4.91. The second kappa shape index (κ2) is 13.4. The highest BCUT2D eigenvalue weighted by Crippen LogP contribution is 2.33. The number of aromatic hydroxyl groups is 1. The van der Waals surface area contributed by atoms with Crippen LogP contribution < -0.4 is 5.48 Å². The van der Waals surface area contributed by atoms with Gasteiger partial charge in [0.1, 0.15) is 0 Å². The third-order valence-electron chi connectivity index (χ3n) is 8.29. The lowest BCUT2D eigenvalue weighted by molar-refractivity contribution is 0.00386.